The maximum Gasteiger partial charge on any atom is 0.353 e. The molecule has 0 radical (unpaired) electrons. The van der Waals surface area contributed by atoms with Crippen molar-refractivity contribution in [2.75, 3.05) is 24.3 Å². The Bertz CT molecular complexity index is 588. The van der Waals surface area contributed by atoms with E-state index in [9.17, 15) is 10.1 Å². The van der Waals surface area contributed by atoms with Crippen molar-refractivity contribution >= 4 is 23.0 Å². The number of rotatable bonds is 4. The fourth-order valence-corrected chi connectivity index (χ4v) is 1.74. The van der Waals surface area contributed by atoms with Crippen LogP contribution >= 0.6 is 0 Å². The maximum absolute atomic E-state index is 11.2. The predicted octanol–water partition coefficient (Wildman–Crippen LogP) is 2.19. The highest BCUT2D eigenvalue weighted by molar-refractivity contribution is 5.74. The Morgan fingerprint density at radius 1 is 1.26 bits per heavy atom. The lowest BCUT2D eigenvalue weighted by Crippen LogP contribution is -2.14. The molecule has 0 aliphatic heterocycles. The third-order valence-electron chi connectivity index (χ3n) is 2.68. The fraction of sp³-hybridized carbons (Fsp3) is 0.167. The molecule has 1 aromatic carbocycles. The van der Waals surface area contributed by atoms with Crippen molar-refractivity contribution in [3.8, 4) is 0 Å². The van der Waals surface area contributed by atoms with Gasteiger partial charge < -0.3 is 10.2 Å². The van der Waals surface area contributed by atoms with Crippen molar-refractivity contribution in [3.05, 3.63) is 46.8 Å². The van der Waals surface area contributed by atoms with Crippen LogP contribution < -0.4 is 10.2 Å². The summed E-state index contributed by atoms with van der Waals surface area (Å²) in [6.45, 7) is 0. The number of nitrogens with zero attached hydrogens (tertiary/aromatic N) is 4. The SMILES string of the molecule is CNc1ncnc(N(C)c2ccccc2)c1[N+](=O)[O-]. The van der Waals surface area contributed by atoms with E-state index in [-0.39, 0.29) is 17.3 Å². The third-order valence-corrected chi connectivity index (χ3v) is 2.68. The lowest BCUT2D eigenvalue weighted by Gasteiger charge is -2.18. The van der Waals surface area contributed by atoms with Crippen molar-refractivity contribution < 1.29 is 4.92 Å². The van der Waals surface area contributed by atoms with Crippen molar-refractivity contribution in [3.63, 3.8) is 0 Å². The van der Waals surface area contributed by atoms with Crippen LogP contribution in [0.4, 0.5) is 23.0 Å². The van der Waals surface area contributed by atoms with Gasteiger partial charge in [0.1, 0.15) is 6.33 Å². The summed E-state index contributed by atoms with van der Waals surface area (Å²) < 4.78 is 0. The number of hydrogen-bond acceptors (Lipinski definition) is 6. The summed E-state index contributed by atoms with van der Waals surface area (Å²) in [4.78, 5) is 20.2. The zero-order chi connectivity index (χ0) is 13.8. The van der Waals surface area contributed by atoms with Crippen LogP contribution in [-0.4, -0.2) is 29.0 Å². The van der Waals surface area contributed by atoms with E-state index in [4.69, 9.17) is 0 Å². The molecule has 2 rings (SSSR count). The molecule has 2 aromatic rings. The Morgan fingerprint density at radius 3 is 2.53 bits per heavy atom. The van der Waals surface area contributed by atoms with Gasteiger partial charge in [-0.25, -0.2) is 9.97 Å². The zero-order valence-corrected chi connectivity index (χ0v) is 10.6. The van der Waals surface area contributed by atoms with Gasteiger partial charge in [-0.3, -0.25) is 10.1 Å². The quantitative estimate of drug-likeness (QED) is 0.669. The van der Waals surface area contributed by atoms with Crippen LogP contribution in [0.1, 0.15) is 0 Å². The van der Waals surface area contributed by atoms with E-state index in [2.05, 4.69) is 15.3 Å². The molecular weight excluding hydrogens is 246 g/mol. The van der Waals surface area contributed by atoms with Gasteiger partial charge in [0.05, 0.1) is 4.92 Å². The van der Waals surface area contributed by atoms with Crippen molar-refractivity contribution in [1.82, 2.24) is 9.97 Å². The number of hydrogen-bond donors (Lipinski definition) is 1. The van der Waals surface area contributed by atoms with Gasteiger partial charge in [-0.15, -0.1) is 0 Å². The molecule has 0 amide bonds. The third kappa shape index (κ3) is 2.44. The summed E-state index contributed by atoms with van der Waals surface area (Å²) in [6, 6.07) is 9.30. The maximum atomic E-state index is 11.2. The van der Waals surface area contributed by atoms with Gasteiger partial charge in [0.2, 0.25) is 11.6 Å². The second kappa shape index (κ2) is 5.30. The monoisotopic (exact) mass is 259 g/mol. The Kier molecular flexibility index (Phi) is 3.56. The Labute approximate surface area is 110 Å². The lowest BCUT2D eigenvalue weighted by atomic mass is 10.3. The van der Waals surface area contributed by atoms with E-state index in [0.29, 0.717) is 0 Å². The number of benzene rings is 1. The van der Waals surface area contributed by atoms with Crippen LogP contribution in [-0.2, 0) is 0 Å². The zero-order valence-electron chi connectivity index (χ0n) is 10.6. The first-order chi connectivity index (χ1) is 9.15. The second-order valence-electron chi connectivity index (χ2n) is 3.80. The summed E-state index contributed by atoms with van der Waals surface area (Å²) in [5, 5.41) is 13.9. The molecule has 1 N–H and O–H groups in total. The molecule has 0 unspecified atom stereocenters. The summed E-state index contributed by atoms with van der Waals surface area (Å²) in [7, 11) is 3.31. The minimum Gasteiger partial charge on any atom is -0.367 e. The molecule has 0 aliphatic carbocycles. The standard InChI is InChI=1S/C12H13N5O2/c1-13-11-10(17(18)19)12(15-8-14-11)16(2)9-6-4-3-5-7-9/h3-8H,1-2H3,(H,13,14,15). The molecule has 0 saturated carbocycles. The largest absolute Gasteiger partial charge is 0.367 e. The van der Waals surface area contributed by atoms with Crippen LogP contribution in [0.3, 0.4) is 0 Å². The predicted molar refractivity (Wildman–Crippen MR) is 72.7 cm³/mol. The topological polar surface area (TPSA) is 84.2 Å². The van der Waals surface area contributed by atoms with E-state index >= 15 is 0 Å². The number of nitro groups is 1. The van der Waals surface area contributed by atoms with Crippen molar-refractivity contribution in [2.24, 2.45) is 0 Å². The smallest absolute Gasteiger partial charge is 0.353 e. The van der Waals surface area contributed by atoms with Crippen molar-refractivity contribution in [1.29, 1.82) is 0 Å². The van der Waals surface area contributed by atoms with Gasteiger partial charge in [0.15, 0.2) is 0 Å². The first kappa shape index (κ1) is 12.7. The first-order valence-corrected chi connectivity index (χ1v) is 5.61. The first-order valence-electron chi connectivity index (χ1n) is 5.61. The molecule has 1 heterocycles. The number of para-hydroxylation sites is 1. The highest BCUT2D eigenvalue weighted by Crippen LogP contribution is 2.34. The van der Waals surface area contributed by atoms with Gasteiger partial charge in [-0.2, -0.15) is 0 Å². The molecule has 1 aromatic heterocycles. The summed E-state index contributed by atoms with van der Waals surface area (Å²) >= 11 is 0. The van der Waals surface area contributed by atoms with Crippen molar-refractivity contribution in [2.45, 2.75) is 0 Å². The van der Waals surface area contributed by atoms with E-state index in [1.54, 1.807) is 19.0 Å². The molecule has 0 aliphatic rings. The van der Waals surface area contributed by atoms with Gasteiger partial charge >= 0.3 is 5.69 Å². The average molecular weight is 259 g/mol. The molecule has 0 atom stereocenters. The Hall–Kier alpha value is -2.70. The van der Waals surface area contributed by atoms with Gasteiger partial charge in [-0.1, -0.05) is 18.2 Å². The van der Waals surface area contributed by atoms with Gasteiger partial charge in [-0.05, 0) is 12.1 Å². The number of nitrogens with one attached hydrogen (secondary N) is 1. The van der Waals surface area contributed by atoms with Crippen LogP contribution in [0.15, 0.2) is 36.7 Å². The molecule has 7 nitrogen and oxygen atoms in total. The molecule has 98 valence electrons. The van der Waals surface area contributed by atoms with E-state index in [0.717, 1.165) is 5.69 Å². The Balaban J connectivity index is 2.53. The number of anilines is 3. The number of aromatic nitrogens is 2. The molecule has 7 heteroatoms. The second-order valence-corrected chi connectivity index (χ2v) is 3.80. The molecule has 0 saturated heterocycles. The fourth-order valence-electron chi connectivity index (χ4n) is 1.74. The average Bonchev–Trinajstić information content (AvgIpc) is 2.46. The van der Waals surface area contributed by atoms with Gasteiger partial charge in [0.25, 0.3) is 0 Å². The lowest BCUT2D eigenvalue weighted by molar-refractivity contribution is -0.383. The summed E-state index contributed by atoms with van der Waals surface area (Å²) in [5.74, 6) is 0.438. The molecular formula is C12H13N5O2. The molecule has 0 bridgehead atoms. The Morgan fingerprint density at radius 2 is 1.95 bits per heavy atom. The molecule has 0 fully saturated rings. The molecule has 19 heavy (non-hydrogen) atoms. The van der Waals surface area contributed by atoms with E-state index in [1.807, 2.05) is 30.3 Å². The normalized spacial score (nSPS) is 10.0. The minimum atomic E-state index is -0.486. The van der Waals surface area contributed by atoms with E-state index in [1.165, 1.54) is 6.33 Å². The summed E-state index contributed by atoms with van der Waals surface area (Å²) in [6.07, 6.45) is 1.30. The highest BCUT2D eigenvalue weighted by Gasteiger charge is 2.25. The van der Waals surface area contributed by atoms with Crippen LogP contribution in [0.2, 0.25) is 0 Å². The van der Waals surface area contributed by atoms with E-state index < -0.39 is 4.92 Å². The van der Waals surface area contributed by atoms with Crippen LogP contribution in [0.25, 0.3) is 0 Å². The molecule has 0 spiro atoms. The van der Waals surface area contributed by atoms with Crippen LogP contribution in [0.5, 0.6) is 0 Å². The van der Waals surface area contributed by atoms with Gasteiger partial charge in [0, 0.05) is 19.8 Å². The summed E-state index contributed by atoms with van der Waals surface area (Å²) in [5.41, 5.74) is 0.669. The highest BCUT2D eigenvalue weighted by atomic mass is 16.6. The van der Waals surface area contributed by atoms with Crippen LogP contribution in [0, 0.1) is 10.1 Å². The minimum absolute atomic E-state index is 0.142.